The van der Waals surface area contributed by atoms with E-state index in [1.807, 2.05) is 0 Å². The molecule has 1 aromatic carbocycles. The van der Waals surface area contributed by atoms with Gasteiger partial charge in [-0.3, -0.25) is 20.4 Å². The Morgan fingerprint density at radius 1 is 1.14 bits per heavy atom. The molecule has 3 amide bonds. The highest BCUT2D eigenvalue weighted by Gasteiger charge is 2.28. The fourth-order valence-electron chi connectivity index (χ4n) is 3.09. The summed E-state index contributed by atoms with van der Waals surface area (Å²) in [6.07, 6.45) is 1.93. The third-order valence-electron chi connectivity index (χ3n) is 4.49. The van der Waals surface area contributed by atoms with E-state index >= 15 is 0 Å². The molecular weight excluding hydrogens is 401 g/mol. The van der Waals surface area contributed by atoms with E-state index in [4.69, 9.17) is 16.3 Å². The van der Waals surface area contributed by atoms with Crippen molar-refractivity contribution in [3.05, 3.63) is 34.6 Å². The quantitative estimate of drug-likeness (QED) is 0.642. The molecule has 0 aliphatic heterocycles. The van der Waals surface area contributed by atoms with E-state index in [1.165, 1.54) is 12.1 Å². The first-order chi connectivity index (χ1) is 13.5. The van der Waals surface area contributed by atoms with Crippen molar-refractivity contribution in [3.63, 3.8) is 0 Å². The van der Waals surface area contributed by atoms with Gasteiger partial charge >= 0.3 is 6.09 Å². The van der Waals surface area contributed by atoms with E-state index in [0.29, 0.717) is 31.2 Å². The fraction of sp³-hybridized carbons (Fsp3) is 0.550. The Morgan fingerprint density at radius 2 is 1.79 bits per heavy atom. The average molecular weight is 428 g/mol. The van der Waals surface area contributed by atoms with E-state index < -0.39 is 23.4 Å². The largest absolute Gasteiger partial charge is 0.444 e. The summed E-state index contributed by atoms with van der Waals surface area (Å²) in [5.41, 5.74) is 4.66. The molecule has 0 spiro atoms. The average Bonchev–Trinajstić information content (AvgIpc) is 2.62. The van der Waals surface area contributed by atoms with Crippen LogP contribution >= 0.6 is 11.6 Å². The Bertz CT molecular complexity index is 759. The number of hydrazine groups is 1. The molecule has 7 nitrogen and oxygen atoms in total. The minimum atomic E-state index is -0.599. The number of benzene rings is 1. The molecule has 0 heterocycles. The van der Waals surface area contributed by atoms with E-state index in [0.717, 1.165) is 0 Å². The van der Waals surface area contributed by atoms with Crippen LogP contribution in [0.3, 0.4) is 0 Å². The van der Waals surface area contributed by atoms with Crippen LogP contribution in [0.5, 0.6) is 0 Å². The number of amides is 3. The van der Waals surface area contributed by atoms with Crippen molar-refractivity contribution >= 4 is 29.5 Å². The van der Waals surface area contributed by atoms with Crippen molar-refractivity contribution in [1.82, 2.24) is 16.2 Å². The van der Waals surface area contributed by atoms with E-state index in [1.54, 1.807) is 26.8 Å². The summed E-state index contributed by atoms with van der Waals surface area (Å²) >= 11 is 5.61. The number of halogens is 2. The van der Waals surface area contributed by atoms with E-state index in [-0.39, 0.29) is 29.3 Å². The summed E-state index contributed by atoms with van der Waals surface area (Å²) in [6.45, 7) is 5.39. The summed E-state index contributed by atoms with van der Waals surface area (Å²) in [5, 5.41) is 2.80. The van der Waals surface area contributed by atoms with Crippen LogP contribution in [-0.4, -0.2) is 29.6 Å². The number of nitrogens with one attached hydrogen (secondary N) is 3. The second-order valence-electron chi connectivity index (χ2n) is 8.16. The van der Waals surface area contributed by atoms with E-state index in [2.05, 4.69) is 16.2 Å². The molecule has 0 bridgehead atoms. The van der Waals surface area contributed by atoms with Crippen molar-refractivity contribution < 1.29 is 23.5 Å². The van der Waals surface area contributed by atoms with Gasteiger partial charge in [0.2, 0.25) is 11.8 Å². The Hall–Kier alpha value is -2.35. The summed E-state index contributed by atoms with van der Waals surface area (Å²) in [5.74, 6) is -1.59. The van der Waals surface area contributed by atoms with Gasteiger partial charge in [-0.25, -0.2) is 9.18 Å². The van der Waals surface area contributed by atoms with Crippen LogP contribution in [0.1, 0.15) is 52.0 Å². The molecule has 3 N–H and O–H groups in total. The molecule has 2 rings (SSSR count). The molecule has 1 aliphatic rings. The van der Waals surface area contributed by atoms with Crippen molar-refractivity contribution in [1.29, 1.82) is 0 Å². The molecule has 1 aromatic rings. The van der Waals surface area contributed by atoms with Gasteiger partial charge in [0.25, 0.3) is 0 Å². The van der Waals surface area contributed by atoms with E-state index in [9.17, 15) is 18.8 Å². The smallest absolute Gasteiger partial charge is 0.407 e. The molecule has 1 saturated carbocycles. The van der Waals surface area contributed by atoms with Gasteiger partial charge < -0.3 is 10.1 Å². The standard InChI is InChI=1S/C20H27ClFN3O4/c1-20(2,3)29-19(28)23-14-7-5-13(6-8-14)18(27)25-24-17(26)11-12-4-9-15(21)16(22)10-12/h4,9-10,13-14H,5-8,11H2,1-3H3,(H,23,28)(H,24,26)(H,25,27). The number of hydrogen-bond acceptors (Lipinski definition) is 4. The van der Waals surface area contributed by atoms with Crippen molar-refractivity contribution in [3.8, 4) is 0 Å². The first-order valence-corrected chi connectivity index (χ1v) is 9.93. The normalized spacial score (nSPS) is 19.2. The van der Waals surface area contributed by atoms with Crippen LogP contribution in [0.25, 0.3) is 0 Å². The van der Waals surface area contributed by atoms with Gasteiger partial charge in [-0.05, 0) is 64.2 Å². The lowest BCUT2D eigenvalue weighted by molar-refractivity contribution is -0.131. The molecule has 1 fully saturated rings. The lowest BCUT2D eigenvalue weighted by Gasteiger charge is -2.29. The first-order valence-electron chi connectivity index (χ1n) is 9.55. The zero-order valence-electron chi connectivity index (χ0n) is 16.8. The minimum Gasteiger partial charge on any atom is -0.444 e. The van der Waals surface area contributed by atoms with Crippen LogP contribution in [0.2, 0.25) is 5.02 Å². The molecule has 0 saturated heterocycles. The van der Waals surface area contributed by atoms with Crippen molar-refractivity contribution in [2.75, 3.05) is 0 Å². The number of hydrogen-bond donors (Lipinski definition) is 3. The molecule has 160 valence electrons. The Balaban J connectivity index is 1.70. The van der Waals surface area contributed by atoms with Gasteiger partial charge in [-0.2, -0.15) is 0 Å². The lowest BCUT2D eigenvalue weighted by Crippen LogP contribution is -2.47. The van der Waals surface area contributed by atoms with Crippen LogP contribution in [-0.2, 0) is 20.7 Å². The number of alkyl carbamates (subject to hydrolysis) is 1. The van der Waals surface area contributed by atoms with Crippen LogP contribution in [0.4, 0.5) is 9.18 Å². The maximum atomic E-state index is 13.4. The SMILES string of the molecule is CC(C)(C)OC(=O)NC1CCC(C(=O)NNC(=O)Cc2ccc(Cl)c(F)c2)CC1. The maximum absolute atomic E-state index is 13.4. The fourth-order valence-corrected chi connectivity index (χ4v) is 3.20. The zero-order valence-corrected chi connectivity index (χ0v) is 17.6. The van der Waals surface area contributed by atoms with Crippen LogP contribution < -0.4 is 16.2 Å². The molecule has 29 heavy (non-hydrogen) atoms. The summed E-state index contributed by atoms with van der Waals surface area (Å²) < 4.78 is 18.6. The predicted molar refractivity (Wildman–Crippen MR) is 107 cm³/mol. The molecular formula is C20H27ClFN3O4. The minimum absolute atomic E-state index is 0.0146. The Labute approximate surface area is 174 Å². The van der Waals surface area contributed by atoms with Crippen molar-refractivity contribution in [2.45, 2.75) is 64.5 Å². The highest BCUT2D eigenvalue weighted by atomic mass is 35.5. The van der Waals surface area contributed by atoms with Gasteiger partial charge in [0.1, 0.15) is 11.4 Å². The third kappa shape index (κ3) is 7.89. The van der Waals surface area contributed by atoms with Gasteiger partial charge in [-0.15, -0.1) is 0 Å². The number of carbonyl (C=O) groups is 3. The van der Waals surface area contributed by atoms with Crippen LogP contribution in [0.15, 0.2) is 18.2 Å². The highest BCUT2D eigenvalue weighted by molar-refractivity contribution is 6.30. The van der Waals surface area contributed by atoms with Gasteiger partial charge in [0, 0.05) is 12.0 Å². The van der Waals surface area contributed by atoms with Gasteiger partial charge in [0.15, 0.2) is 0 Å². The van der Waals surface area contributed by atoms with Gasteiger partial charge in [0.05, 0.1) is 11.4 Å². The monoisotopic (exact) mass is 427 g/mol. The topological polar surface area (TPSA) is 96.5 Å². The number of rotatable bonds is 4. The van der Waals surface area contributed by atoms with Crippen molar-refractivity contribution in [2.24, 2.45) is 5.92 Å². The Morgan fingerprint density at radius 3 is 2.38 bits per heavy atom. The Kier molecular flexibility index (Phi) is 7.84. The highest BCUT2D eigenvalue weighted by Crippen LogP contribution is 2.24. The summed E-state index contributed by atoms with van der Waals surface area (Å²) in [4.78, 5) is 36.0. The molecule has 0 radical (unpaired) electrons. The molecule has 0 aromatic heterocycles. The number of ether oxygens (including phenoxy) is 1. The van der Waals surface area contributed by atoms with Gasteiger partial charge in [-0.1, -0.05) is 17.7 Å². The summed E-state index contributed by atoms with van der Waals surface area (Å²) in [7, 11) is 0. The predicted octanol–water partition coefficient (Wildman–Crippen LogP) is 3.25. The number of carbonyl (C=O) groups excluding carboxylic acids is 3. The zero-order chi connectivity index (χ0) is 21.6. The summed E-state index contributed by atoms with van der Waals surface area (Å²) in [6, 6.07) is 4.07. The van der Waals surface area contributed by atoms with Crippen LogP contribution in [0, 0.1) is 11.7 Å². The third-order valence-corrected chi connectivity index (χ3v) is 4.80. The second kappa shape index (κ2) is 9.91. The maximum Gasteiger partial charge on any atom is 0.407 e. The molecule has 1 aliphatic carbocycles. The lowest BCUT2D eigenvalue weighted by atomic mass is 9.85. The molecule has 0 atom stereocenters. The molecule has 9 heteroatoms. The second-order valence-corrected chi connectivity index (χ2v) is 8.56. The molecule has 0 unspecified atom stereocenters. The first kappa shape index (κ1) is 22.9.